The molecule has 2 aromatic rings. The molecule has 1 amide bonds. The third kappa shape index (κ3) is 1.53. The number of non-ortho nitro benzene ring substituents is 1. The van der Waals surface area contributed by atoms with Gasteiger partial charge in [-0.3, -0.25) is 24.6 Å². The highest BCUT2D eigenvalue weighted by Crippen LogP contribution is 2.40. The van der Waals surface area contributed by atoms with Gasteiger partial charge in [-0.1, -0.05) is 6.07 Å². The first kappa shape index (κ1) is 12.1. The first-order valence-electron chi connectivity index (χ1n) is 5.74. The summed E-state index contributed by atoms with van der Waals surface area (Å²) in [7, 11) is 0. The maximum absolute atomic E-state index is 12.2. The van der Waals surface area contributed by atoms with E-state index in [1.807, 2.05) is 0 Å². The quantitative estimate of drug-likeness (QED) is 0.678. The van der Waals surface area contributed by atoms with Crippen molar-refractivity contribution in [1.82, 2.24) is 0 Å². The van der Waals surface area contributed by atoms with E-state index in [2.05, 4.69) is 0 Å². The number of nitro benzene ring substituents is 1. The Labute approximate surface area is 112 Å². The predicted molar refractivity (Wildman–Crippen MR) is 69.9 cm³/mol. The lowest BCUT2D eigenvalue weighted by molar-refractivity contribution is -0.383. The smallest absolute Gasteiger partial charge is 0.323 e. The molecule has 0 bridgehead atoms. The second kappa shape index (κ2) is 4.02. The van der Waals surface area contributed by atoms with Gasteiger partial charge in [0.15, 0.2) is 0 Å². The normalized spacial score (nSPS) is 13.0. The van der Waals surface area contributed by atoms with Crippen LogP contribution in [-0.4, -0.2) is 28.5 Å². The Balaban J connectivity index is 2.31. The van der Waals surface area contributed by atoms with E-state index < -0.39 is 23.3 Å². The Hall–Kier alpha value is -2.96. The van der Waals surface area contributed by atoms with Crippen molar-refractivity contribution in [2.24, 2.45) is 0 Å². The van der Waals surface area contributed by atoms with E-state index in [1.165, 1.54) is 12.1 Å². The highest BCUT2D eigenvalue weighted by molar-refractivity contribution is 6.27. The van der Waals surface area contributed by atoms with Gasteiger partial charge in [-0.15, -0.1) is 0 Å². The van der Waals surface area contributed by atoms with Gasteiger partial charge in [0.1, 0.15) is 6.54 Å². The molecule has 0 saturated heterocycles. The van der Waals surface area contributed by atoms with Gasteiger partial charge in [0.2, 0.25) is 0 Å². The fourth-order valence-electron chi connectivity index (χ4n) is 2.48. The molecule has 1 N–H and O–H groups in total. The molecule has 2 aromatic carbocycles. The van der Waals surface area contributed by atoms with Crippen LogP contribution in [0, 0.1) is 10.1 Å². The zero-order chi connectivity index (χ0) is 14.4. The predicted octanol–water partition coefficient (Wildman–Crippen LogP) is 1.79. The number of nitrogens with zero attached hydrogens (tertiary/aromatic N) is 2. The molecule has 0 fully saturated rings. The number of nitro groups is 1. The summed E-state index contributed by atoms with van der Waals surface area (Å²) in [5.74, 6) is -1.59. The van der Waals surface area contributed by atoms with Crippen LogP contribution < -0.4 is 4.90 Å². The largest absolute Gasteiger partial charge is 0.480 e. The van der Waals surface area contributed by atoms with Crippen LogP contribution in [0.4, 0.5) is 11.4 Å². The van der Waals surface area contributed by atoms with Gasteiger partial charge in [0.05, 0.1) is 21.6 Å². The molecule has 7 nitrogen and oxygen atoms in total. The number of anilines is 1. The summed E-state index contributed by atoms with van der Waals surface area (Å²) < 4.78 is 0. The molecule has 0 radical (unpaired) electrons. The number of amides is 1. The third-order valence-corrected chi connectivity index (χ3v) is 3.25. The SMILES string of the molecule is O=C(O)CN1C(=O)c2cccc3c([N+](=O)[O-])ccc1c23. The van der Waals surface area contributed by atoms with E-state index in [4.69, 9.17) is 5.11 Å². The lowest BCUT2D eigenvalue weighted by atomic mass is 10.0. The summed E-state index contributed by atoms with van der Waals surface area (Å²) >= 11 is 0. The van der Waals surface area contributed by atoms with Crippen LogP contribution in [0.25, 0.3) is 10.8 Å². The molecule has 3 rings (SSSR count). The molecule has 1 aliphatic rings. The number of carbonyl (C=O) groups excluding carboxylic acids is 1. The minimum atomic E-state index is -1.14. The van der Waals surface area contributed by atoms with Crippen LogP contribution in [-0.2, 0) is 4.79 Å². The standard InChI is InChI=1S/C13H8N2O5/c16-11(17)6-14-10-5-4-9(15(19)20)7-2-1-3-8(12(7)10)13(14)18/h1-5H,6H2,(H,16,17). The van der Waals surface area contributed by atoms with Gasteiger partial charge < -0.3 is 5.11 Å². The number of benzene rings is 2. The highest BCUT2D eigenvalue weighted by atomic mass is 16.6. The van der Waals surface area contributed by atoms with Crippen molar-refractivity contribution in [1.29, 1.82) is 0 Å². The Morgan fingerprint density at radius 3 is 2.70 bits per heavy atom. The molecule has 100 valence electrons. The van der Waals surface area contributed by atoms with Gasteiger partial charge in [-0.25, -0.2) is 0 Å². The van der Waals surface area contributed by atoms with Crippen molar-refractivity contribution in [2.75, 3.05) is 11.4 Å². The zero-order valence-electron chi connectivity index (χ0n) is 10.1. The number of rotatable bonds is 3. The molecule has 0 aliphatic carbocycles. The van der Waals surface area contributed by atoms with Crippen LogP contribution in [0.3, 0.4) is 0 Å². The van der Waals surface area contributed by atoms with E-state index in [0.29, 0.717) is 22.0 Å². The number of carboxylic acid groups (broad SMARTS) is 1. The summed E-state index contributed by atoms with van der Waals surface area (Å²) in [6, 6.07) is 7.35. The highest BCUT2D eigenvalue weighted by Gasteiger charge is 2.33. The topological polar surface area (TPSA) is 101 Å². The Morgan fingerprint density at radius 2 is 2.05 bits per heavy atom. The minimum absolute atomic E-state index is 0.101. The van der Waals surface area contributed by atoms with Gasteiger partial charge in [0.25, 0.3) is 11.6 Å². The van der Waals surface area contributed by atoms with E-state index in [0.717, 1.165) is 4.90 Å². The molecule has 7 heteroatoms. The summed E-state index contributed by atoms with van der Waals surface area (Å²) in [6.45, 7) is -0.472. The minimum Gasteiger partial charge on any atom is -0.480 e. The molecule has 20 heavy (non-hydrogen) atoms. The monoisotopic (exact) mass is 272 g/mol. The van der Waals surface area contributed by atoms with Crippen molar-refractivity contribution >= 4 is 34.0 Å². The molecule has 0 spiro atoms. The second-order valence-electron chi connectivity index (χ2n) is 4.37. The number of hydrogen-bond acceptors (Lipinski definition) is 4. The summed E-state index contributed by atoms with van der Waals surface area (Å²) in [5.41, 5.74) is 0.589. The van der Waals surface area contributed by atoms with Crippen LogP contribution >= 0.6 is 0 Å². The summed E-state index contributed by atoms with van der Waals surface area (Å²) in [6.07, 6.45) is 0. The van der Waals surface area contributed by atoms with Gasteiger partial charge in [0, 0.05) is 11.5 Å². The lowest BCUT2D eigenvalue weighted by Crippen LogP contribution is -2.32. The lowest BCUT2D eigenvalue weighted by Gasteiger charge is -2.14. The Bertz CT molecular complexity index is 784. The first-order chi connectivity index (χ1) is 9.50. The Morgan fingerprint density at radius 1 is 1.30 bits per heavy atom. The van der Waals surface area contributed by atoms with E-state index in [1.54, 1.807) is 18.2 Å². The van der Waals surface area contributed by atoms with Crippen molar-refractivity contribution < 1.29 is 19.6 Å². The first-order valence-corrected chi connectivity index (χ1v) is 5.74. The molecule has 0 aromatic heterocycles. The van der Waals surface area contributed by atoms with Crippen molar-refractivity contribution in [2.45, 2.75) is 0 Å². The zero-order valence-corrected chi connectivity index (χ0v) is 10.1. The second-order valence-corrected chi connectivity index (χ2v) is 4.37. The van der Waals surface area contributed by atoms with E-state index in [9.17, 15) is 19.7 Å². The fraction of sp³-hybridized carbons (Fsp3) is 0.0769. The van der Waals surface area contributed by atoms with Crippen LogP contribution in [0.15, 0.2) is 30.3 Å². The Kier molecular flexibility index (Phi) is 2.43. The number of aliphatic carboxylic acids is 1. The third-order valence-electron chi connectivity index (χ3n) is 3.25. The number of carbonyl (C=O) groups is 2. The molecule has 0 atom stereocenters. The number of carboxylic acids is 1. The summed E-state index contributed by atoms with van der Waals surface area (Å²) in [5, 5.41) is 20.7. The maximum Gasteiger partial charge on any atom is 0.323 e. The summed E-state index contributed by atoms with van der Waals surface area (Å²) in [4.78, 5) is 34.6. The fourth-order valence-corrected chi connectivity index (χ4v) is 2.48. The molecular formula is C13H8N2O5. The molecule has 0 unspecified atom stereocenters. The average Bonchev–Trinajstić information content (AvgIpc) is 2.66. The van der Waals surface area contributed by atoms with Crippen molar-refractivity contribution in [3.63, 3.8) is 0 Å². The average molecular weight is 272 g/mol. The molecule has 1 heterocycles. The van der Waals surface area contributed by atoms with Gasteiger partial charge >= 0.3 is 5.97 Å². The molecular weight excluding hydrogens is 264 g/mol. The number of hydrogen-bond donors (Lipinski definition) is 1. The van der Waals surface area contributed by atoms with Crippen LogP contribution in [0.2, 0.25) is 0 Å². The van der Waals surface area contributed by atoms with Crippen molar-refractivity contribution in [3.05, 3.63) is 46.0 Å². The van der Waals surface area contributed by atoms with Gasteiger partial charge in [-0.2, -0.15) is 0 Å². The van der Waals surface area contributed by atoms with E-state index >= 15 is 0 Å². The van der Waals surface area contributed by atoms with Crippen LogP contribution in [0.5, 0.6) is 0 Å². The van der Waals surface area contributed by atoms with Crippen LogP contribution in [0.1, 0.15) is 10.4 Å². The van der Waals surface area contributed by atoms with E-state index in [-0.39, 0.29) is 5.69 Å². The molecule has 0 saturated carbocycles. The van der Waals surface area contributed by atoms with Gasteiger partial charge in [-0.05, 0) is 18.2 Å². The molecule has 1 aliphatic heterocycles. The maximum atomic E-state index is 12.2. The van der Waals surface area contributed by atoms with Crippen molar-refractivity contribution in [3.8, 4) is 0 Å².